The summed E-state index contributed by atoms with van der Waals surface area (Å²) in [5.74, 6) is 1.15. The second-order valence-electron chi connectivity index (χ2n) is 3.15. The normalized spacial score (nSPS) is 9.06. The van der Waals surface area contributed by atoms with Crippen molar-refractivity contribution < 1.29 is 14.9 Å². The maximum atomic E-state index is 8.80. The predicted octanol–water partition coefficient (Wildman–Crippen LogP) is 3.45. The lowest BCUT2D eigenvalue weighted by molar-refractivity contribution is 0.412. The van der Waals surface area contributed by atoms with Gasteiger partial charge in [0.25, 0.3) is 0 Å². The van der Waals surface area contributed by atoms with Crippen LogP contribution in [-0.4, -0.2) is 17.3 Å². The van der Waals surface area contributed by atoms with Crippen molar-refractivity contribution in [1.29, 1.82) is 0 Å². The van der Waals surface area contributed by atoms with Crippen LogP contribution in [0.4, 0.5) is 0 Å². The van der Waals surface area contributed by atoms with Gasteiger partial charge in [0.1, 0.15) is 17.2 Å². The van der Waals surface area contributed by atoms with Crippen molar-refractivity contribution in [3.63, 3.8) is 0 Å². The number of hydrogen-bond donors (Lipinski definition) is 2. The van der Waals surface area contributed by atoms with Gasteiger partial charge in [0.05, 0.1) is 12.1 Å². The Hall–Kier alpha value is -1.87. The third kappa shape index (κ3) is 4.66. The van der Waals surface area contributed by atoms with Crippen LogP contribution < -0.4 is 4.74 Å². The SMILES string of the molecule is COc1ccc(O)cc1.Oc1ccccc1Cl. The Morgan fingerprint density at radius 2 is 1.53 bits per heavy atom. The maximum Gasteiger partial charge on any atom is 0.134 e. The molecule has 0 amide bonds. The average Bonchev–Trinajstić information content (AvgIpc) is 2.35. The predicted molar refractivity (Wildman–Crippen MR) is 67.8 cm³/mol. The number of benzene rings is 2. The first-order chi connectivity index (χ1) is 8.13. The zero-order valence-corrected chi connectivity index (χ0v) is 10.1. The van der Waals surface area contributed by atoms with Crippen molar-refractivity contribution in [2.75, 3.05) is 7.11 Å². The molecule has 0 aliphatic carbocycles. The van der Waals surface area contributed by atoms with Gasteiger partial charge < -0.3 is 14.9 Å². The number of phenols is 2. The number of methoxy groups -OCH3 is 1. The molecule has 0 bridgehead atoms. The van der Waals surface area contributed by atoms with Crippen LogP contribution in [0.3, 0.4) is 0 Å². The molecule has 2 rings (SSSR count). The minimum absolute atomic E-state index is 0.133. The molecule has 0 aromatic heterocycles. The zero-order valence-electron chi connectivity index (χ0n) is 9.30. The van der Waals surface area contributed by atoms with E-state index in [1.807, 2.05) is 0 Å². The molecule has 0 unspecified atom stereocenters. The molecule has 0 saturated heterocycles. The van der Waals surface area contributed by atoms with Crippen molar-refractivity contribution >= 4 is 11.6 Å². The monoisotopic (exact) mass is 252 g/mol. The molecule has 0 saturated carbocycles. The highest BCUT2D eigenvalue weighted by Crippen LogP contribution is 2.20. The van der Waals surface area contributed by atoms with Gasteiger partial charge in [0, 0.05) is 0 Å². The molecule has 2 aromatic rings. The Bertz CT molecular complexity index is 433. The van der Waals surface area contributed by atoms with E-state index in [1.54, 1.807) is 55.6 Å². The molecule has 0 aliphatic heterocycles. The van der Waals surface area contributed by atoms with Crippen molar-refractivity contribution in [2.45, 2.75) is 0 Å². The Labute approximate surface area is 105 Å². The van der Waals surface area contributed by atoms with Crippen LogP contribution in [0, 0.1) is 0 Å². The summed E-state index contributed by atoms with van der Waals surface area (Å²) in [5.41, 5.74) is 0. The molecule has 0 heterocycles. The second kappa shape index (κ2) is 6.66. The lowest BCUT2D eigenvalue weighted by Crippen LogP contribution is -1.79. The van der Waals surface area contributed by atoms with E-state index in [2.05, 4.69) is 0 Å². The van der Waals surface area contributed by atoms with Gasteiger partial charge >= 0.3 is 0 Å². The molecular formula is C13H13ClO3. The van der Waals surface area contributed by atoms with Crippen LogP contribution in [-0.2, 0) is 0 Å². The summed E-state index contributed by atoms with van der Waals surface area (Å²) in [7, 11) is 1.59. The number of hydrogen-bond acceptors (Lipinski definition) is 3. The molecular weight excluding hydrogens is 240 g/mol. The number of rotatable bonds is 1. The van der Waals surface area contributed by atoms with E-state index in [0.717, 1.165) is 5.75 Å². The Morgan fingerprint density at radius 1 is 0.941 bits per heavy atom. The highest BCUT2D eigenvalue weighted by molar-refractivity contribution is 6.31. The summed E-state index contributed by atoms with van der Waals surface area (Å²) < 4.78 is 4.86. The quantitative estimate of drug-likeness (QED) is 0.817. The summed E-state index contributed by atoms with van der Waals surface area (Å²) in [5, 5.41) is 18.0. The summed E-state index contributed by atoms with van der Waals surface area (Å²) in [6, 6.07) is 13.2. The van der Waals surface area contributed by atoms with E-state index in [4.69, 9.17) is 26.6 Å². The van der Waals surface area contributed by atoms with Crippen molar-refractivity contribution in [3.05, 3.63) is 53.6 Å². The first-order valence-electron chi connectivity index (χ1n) is 4.90. The molecule has 0 atom stereocenters. The Kier molecular flexibility index (Phi) is 5.17. The fraction of sp³-hybridized carbons (Fsp3) is 0.0769. The fourth-order valence-electron chi connectivity index (χ4n) is 1.03. The standard InChI is InChI=1S/C7H8O2.C6H5ClO/c1-9-7-4-2-6(8)3-5-7;7-5-3-1-2-4-6(5)8/h2-5,8H,1H3;1-4,8H. The van der Waals surface area contributed by atoms with Gasteiger partial charge in [0.15, 0.2) is 0 Å². The fourth-order valence-corrected chi connectivity index (χ4v) is 1.17. The van der Waals surface area contributed by atoms with Crippen LogP contribution in [0.15, 0.2) is 48.5 Å². The summed E-state index contributed by atoms with van der Waals surface area (Å²) in [6.07, 6.45) is 0. The highest BCUT2D eigenvalue weighted by Gasteiger charge is 1.90. The van der Waals surface area contributed by atoms with Gasteiger partial charge in [-0.1, -0.05) is 23.7 Å². The van der Waals surface area contributed by atoms with Gasteiger partial charge in [-0.25, -0.2) is 0 Å². The Balaban J connectivity index is 0.000000171. The van der Waals surface area contributed by atoms with E-state index in [9.17, 15) is 0 Å². The van der Waals surface area contributed by atoms with Gasteiger partial charge in [0.2, 0.25) is 0 Å². The molecule has 90 valence electrons. The molecule has 2 N–H and O–H groups in total. The lowest BCUT2D eigenvalue weighted by Gasteiger charge is -1.96. The third-order valence-electron chi connectivity index (χ3n) is 1.92. The molecule has 17 heavy (non-hydrogen) atoms. The number of phenolic OH excluding ortho intramolecular Hbond substituents is 2. The molecule has 4 heteroatoms. The van der Waals surface area contributed by atoms with E-state index < -0.39 is 0 Å². The van der Waals surface area contributed by atoms with Gasteiger partial charge in [-0.05, 0) is 36.4 Å². The first kappa shape index (κ1) is 13.2. The zero-order chi connectivity index (χ0) is 12.7. The molecule has 2 aromatic carbocycles. The van der Waals surface area contributed by atoms with Crippen LogP contribution >= 0.6 is 11.6 Å². The summed E-state index contributed by atoms with van der Waals surface area (Å²) in [6.45, 7) is 0. The van der Waals surface area contributed by atoms with Gasteiger partial charge in [-0.2, -0.15) is 0 Å². The number of halogens is 1. The maximum absolute atomic E-state index is 8.80. The van der Waals surface area contributed by atoms with Crippen LogP contribution in [0.25, 0.3) is 0 Å². The minimum Gasteiger partial charge on any atom is -0.508 e. The van der Waals surface area contributed by atoms with Crippen molar-refractivity contribution in [2.24, 2.45) is 0 Å². The van der Waals surface area contributed by atoms with Crippen molar-refractivity contribution in [1.82, 2.24) is 0 Å². The second-order valence-corrected chi connectivity index (χ2v) is 3.56. The molecule has 3 nitrogen and oxygen atoms in total. The highest BCUT2D eigenvalue weighted by atomic mass is 35.5. The average molecular weight is 253 g/mol. The minimum atomic E-state index is 0.133. The third-order valence-corrected chi connectivity index (χ3v) is 2.24. The topological polar surface area (TPSA) is 49.7 Å². The van der Waals surface area contributed by atoms with E-state index in [0.29, 0.717) is 5.02 Å². The molecule has 0 radical (unpaired) electrons. The van der Waals surface area contributed by atoms with Gasteiger partial charge in [-0.3, -0.25) is 0 Å². The van der Waals surface area contributed by atoms with E-state index >= 15 is 0 Å². The van der Waals surface area contributed by atoms with E-state index in [-0.39, 0.29) is 11.5 Å². The molecule has 0 aliphatic rings. The van der Waals surface area contributed by atoms with Crippen LogP contribution in [0.5, 0.6) is 17.2 Å². The Morgan fingerprint density at radius 3 is 1.94 bits per heavy atom. The molecule has 0 fully saturated rings. The number of aromatic hydroxyl groups is 2. The number of ether oxygens (including phenoxy) is 1. The summed E-state index contributed by atoms with van der Waals surface area (Å²) >= 11 is 5.46. The lowest BCUT2D eigenvalue weighted by atomic mass is 10.3. The van der Waals surface area contributed by atoms with Crippen LogP contribution in [0.1, 0.15) is 0 Å². The van der Waals surface area contributed by atoms with Crippen LogP contribution in [0.2, 0.25) is 5.02 Å². The smallest absolute Gasteiger partial charge is 0.134 e. The largest absolute Gasteiger partial charge is 0.508 e. The van der Waals surface area contributed by atoms with Crippen molar-refractivity contribution in [3.8, 4) is 17.2 Å². The summed E-state index contributed by atoms with van der Waals surface area (Å²) in [4.78, 5) is 0. The first-order valence-corrected chi connectivity index (χ1v) is 5.28. The van der Waals surface area contributed by atoms with Gasteiger partial charge in [-0.15, -0.1) is 0 Å². The molecule has 0 spiro atoms. The number of para-hydroxylation sites is 1. The van der Waals surface area contributed by atoms with E-state index in [1.165, 1.54) is 0 Å².